The molecular formula is C18H26N2O4S. The average molecular weight is 366 g/mol. The highest BCUT2D eigenvalue weighted by Gasteiger charge is 2.35. The van der Waals surface area contributed by atoms with Crippen LogP contribution in [0.4, 0.5) is 0 Å². The van der Waals surface area contributed by atoms with Crippen molar-refractivity contribution in [1.29, 1.82) is 0 Å². The Balaban J connectivity index is 1.73. The first kappa shape index (κ1) is 18.4. The van der Waals surface area contributed by atoms with Gasteiger partial charge >= 0.3 is 0 Å². The Morgan fingerprint density at radius 3 is 2.20 bits per heavy atom. The van der Waals surface area contributed by atoms with E-state index in [4.69, 9.17) is 4.74 Å². The van der Waals surface area contributed by atoms with E-state index < -0.39 is 10.0 Å². The molecule has 2 heterocycles. The van der Waals surface area contributed by atoms with Gasteiger partial charge < -0.3 is 9.64 Å². The Kier molecular flexibility index (Phi) is 5.18. The van der Waals surface area contributed by atoms with Gasteiger partial charge in [-0.25, -0.2) is 8.42 Å². The first-order valence-electron chi connectivity index (χ1n) is 8.79. The molecule has 1 amide bonds. The van der Waals surface area contributed by atoms with Crippen LogP contribution in [0.25, 0.3) is 0 Å². The summed E-state index contributed by atoms with van der Waals surface area (Å²) in [5.41, 5.74) is 2.60. The summed E-state index contributed by atoms with van der Waals surface area (Å²) in [4.78, 5) is 14.5. The number of hydrogen-bond donors (Lipinski definition) is 0. The van der Waals surface area contributed by atoms with E-state index in [0.29, 0.717) is 37.7 Å². The zero-order valence-corrected chi connectivity index (χ0v) is 15.9. The highest BCUT2D eigenvalue weighted by molar-refractivity contribution is 7.89. The van der Waals surface area contributed by atoms with Crippen LogP contribution < -0.4 is 0 Å². The molecule has 3 rings (SSSR count). The lowest BCUT2D eigenvalue weighted by molar-refractivity contribution is -0.142. The number of amides is 1. The molecule has 2 fully saturated rings. The van der Waals surface area contributed by atoms with E-state index >= 15 is 0 Å². The first-order valence-corrected chi connectivity index (χ1v) is 10.2. The summed E-state index contributed by atoms with van der Waals surface area (Å²) >= 11 is 0. The van der Waals surface area contributed by atoms with Crippen molar-refractivity contribution < 1.29 is 17.9 Å². The summed E-state index contributed by atoms with van der Waals surface area (Å²) in [6.07, 6.45) is 1.33. The van der Waals surface area contributed by atoms with Gasteiger partial charge in [0.2, 0.25) is 10.0 Å². The average Bonchev–Trinajstić information content (AvgIpc) is 3.07. The zero-order valence-electron chi connectivity index (χ0n) is 15.1. The van der Waals surface area contributed by atoms with Gasteiger partial charge in [0.25, 0.3) is 5.91 Å². The quantitative estimate of drug-likeness (QED) is 0.815. The van der Waals surface area contributed by atoms with Crippen LogP contribution in [0, 0.1) is 20.8 Å². The molecule has 1 aromatic carbocycles. The summed E-state index contributed by atoms with van der Waals surface area (Å²) in [7, 11) is -3.54. The lowest BCUT2D eigenvalue weighted by Crippen LogP contribution is -2.52. The minimum absolute atomic E-state index is 0.00255. The van der Waals surface area contributed by atoms with Crippen LogP contribution in [-0.4, -0.2) is 62.4 Å². The molecule has 0 spiro atoms. The first-order chi connectivity index (χ1) is 11.8. The number of ether oxygens (including phenoxy) is 1. The minimum Gasteiger partial charge on any atom is -0.368 e. The number of benzene rings is 1. The predicted octanol–water partition coefficient (Wildman–Crippen LogP) is 1.62. The number of rotatable bonds is 3. The Bertz CT molecular complexity index is 738. The summed E-state index contributed by atoms with van der Waals surface area (Å²) in [6.45, 7) is 7.77. The highest BCUT2D eigenvalue weighted by Crippen LogP contribution is 2.26. The lowest BCUT2D eigenvalue weighted by atomic mass is 10.1. The number of piperazine rings is 1. The van der Waals surface area contributed by atoms with Gasteiger partial charge in [-0.1, -0.05) is 17.7 Å². The second kappa shape index (κ2) is 7.05. The van der Waals surface area contributed by atoms with Crippen LogP contribution in [0.1, 0.15) is 29.5 Å². The molecule has 7 heteroatoms. The molecule has 0 unspecified atom stereocenters. The third kappa shape index (κ3) is 3.59. The van der Waals surface area contributed by atoms with E-state index in [0.717, 1.165) is 29.5 Å². The van der Waals surface area contributed by atoms with Gasteiger partial charge in [0.15, 0.2) is 0 Å². The Morgan fingerprint density at radius 1 is 1.08 bits per heavy atom. The van der Waals surface area contributed by atoms with Crippen LogP contribution in [0.5, 0.6) is 0 Å². The summed E-state index contributed by atoms with van der Waals surface area (Å²) in [5.74, 6) is -0.00255. The van der Waals surface area contributed by atoms with E-state index in [-0.39, 0.29) is 12.0 Å². The van der Waals surface area contributed by atoms with Crippen molar-refractivity contribution >= 4 is 15.9 Å². The number of hydrogen-bond acceptors (Lipinski definition) is 4. The number of carbonyl (C=O) groups excluding carboxylic acids is 1. The molecule has 138 valence electrons. The van der Waals surface area contributed by atoms with Crippen molar-refractivity contribution in [2.45, 2.75) is 44.6 Å². The van der Waals surface area contributed by atoms with E-state index in [1.165, 1.54) is 4.31 Å². The maximum absolute atomic E-state index is 13.1. The number of carbonyl (C=O) groups is 1. The molecule has 25 heavy (non-hydrogen) atoms. The van der Waals surface area contributed by atoms with Crippen molar-refractivity contribution in [2.75, 3.05) is 32.8 Å². The van der Waals surface area contributed by atoms with E-state index in [1.807, 2.05) is 32.9 Å². The van der Waals surface area contributed by atoms with Crippen molar-refractivity contribution in [2.24, 2.45) is 0 Å². The molecule has 0 aromatic heterocycles. The fourth-order valence-corrected chi connectivity index (χ4v) is 5.66. The molecule has 2 aliphatic heterocycles. The predicted molar refractivity (Wildman–Crippen MR) is 95.0 cm³/mol. The van der Waals surface area contributed by atoms with E-state index in [2.05, 4.69) is 0 Å². The smallest absolute Gasteiger partial charge is 0.251 e. The van der Waals surface area contributed by atoms with Crippen molar-refractivity contribution in [1.82, 2.24) is 9.21 Å². The molecule has 1 atom stereocenters. The topological polar surface area (TPSA) is 66.9 Å². The number of sulfonamides is 1. The second-order valence-corrected chi connectivity index (χ2v) is 8.83. The van der Waals surface area contributed by atoms with Crippen molar-refractivity contribution in [3.8, 4) is 0 Å². The maximum atomic E-state index is 13.1. The maximum Gasteiger partial charge on any atom is 0.251 e. The van der Waals surface area contributed by atoms with Crippen LogP contribution in [0.3, 0.4) is 0 Å². The molecule has 0 saturated carbocycles. The van der Waals surface area contributed by atoms with Gasteiger partial charge in [0, 0.05) is 32.8 Å². The summed E-state index contributed by atoms with van der Waals surface area (Å²) in [6, 6.07) is 3.80. The van der Waals surface area contributed by atoms with Gasteiger partial charge in [0.05, 0.1) is 4.90 Å². The third-order valence-electron chi connectivity index (χ3n) is 4.96. The van der Waals surface area contributed by atoms with Gasteiger partial charge in [-0.05, 0) is 44.7 Å². The molecular weight excluding hydrogens is 340 g/mol. The summed E-state index contributed by atoms with van der Waals surface area (Å²) < 4.78 is 33.1. The molecule has 2 saturated heterocycles. The number of nitrogens with zero attached hydrogens (tertiary/aromatic N) is 2. The molecule has 0 bridgehead atoms. The summed E-state index contributed by atoms with van der Waals surface area (Å²) in [5, 5.41) is 0. The Labute approximate surface area is 149 Å². The van der Waals surface area contributed by atoms with E-state index in [1.54, 1.807) is 4.90 Å². The van der Waals surface area contributed by atoms with Gasteiger partial charge in [-0.3, -0.25) is 4.79 Å². The molecule has 2 aliphatic rings. The number of aryl methyl sites for hydroxylation is 3. The SMILES string of the molecule is Cc1cc(C)c(S(=O)(=O)N2CCN(C(=O)[C@@H]3CCCO3)CC2)c(C)c1. The molecule has 1 aromatic rings. The fourth-order valence-electron chi connectivity index (χ4n) is 3.83. The third-order valence-corrected chi connectivity index (χ3v) is 7.16. The highest BCUT2D eigenvalue weighted by atomic mass is 32.2. The van der Waals surface area contributed by atoms with Gasteiger partial charge in [0.1, 0.15) is 6.10 Å². The van der Waals surface area contributed by atoms with Gasteiger partial charge in [-0.2, -0.15) is 4.31 Å². The molecule has 0 aliphatic carbocycles. The van der Waals surface area contributed by atoms with Crippen LogP contribution in [0.15, 0.2) is 17.0 Å². The fraction of sp³-hybridized carbons (Fsp3) is 0.611. The monoisotopic (exact) mass is 366 g/mol. The standard InChI is InChI=1S/C18H26N2O4S/c1-13-11-14(2)17(15(3)12-13)25(22,23)20-8-6-19(7-9-20)18(21)16-5-4-10-24-16/h11-12,16H,4-10H2,1-3H3/t16-/m0/s1. The van der Waals surface area contributed by atoms with Crippen LogP contribution in [0.2, 0.25) is 0 Å². The van der Waals surface area contributed by atoms with Gasteiger partial charge in [-0.15, -0.1) is 0 Å². The van der Waals surface area contributed by atoms with Crippen molar-refractivity contribution in [3.05, 3.63) is 28.8 Å². The largest absolute Gasteiger partial charge is 0.368 e. The zero-order chi connectivity index (χ0) is 18.2. The second-order valence-electron chi connectivity index (χ2n) is 6.96. The van der Waals surface area contributed by atoms with E-state index in [9.17, 15) is 13.2 Å². The lowest BCUT2D eigenvalue weighted by Gasteiger charge is -2.35. The molecule has 0 N–H and O–H groups in total. The minimum atomic E-state index is -3.54. The normalized spacial score (nSPS) is 22.4. The molecule has 0 radical (unpaired) electrons. The molecule has 6 nitrogen and oxygen atoms in total. The van der Waals surface area contributed by atoms with Crippen molar-refractivity contribution in [3.63, 3.8) is 0 Å². The van der Waals surface area contributed by atoms with Crippen LogP contribution >= 0.6 is 0 Å². The Hall–Kier alpha value is -1.44. The Morgan fingerprint density at radius 2 is 1.68 bits per heavy atom. The van der Waals surface area contributed by atoms with Crippen LogP contribution in [-0.2, 0) is 19.6 Å².